The van der Waals surface area contributed by atoms with Gasteiger partial charge in [-0.2, -0.15) is 0 Å². The number of halogens is 3. The third kappa shape index (κ3) is 4.00. The fourth-order valence-electron chi connectivity index (χ4n) is 1.81. The second-order valence-corrected chi connectivity index (χ2v) is 4.38. The summed E-state index contributed by atoms with van der Waals surface area (Å²) in [5.41, 5.74) is 0.261. The predicted octanol–water partition coefficient (Wildman–Crippen LogP) is 1.98. The van der Waals surface area contributed by atoms with E-state index in [2.05, 4.69) is 4.74 Å². The zero-order valence-electron chi connectivity index (χ0n) is 9.85. The summed E-state index contributed by atoms with van der Waals surface area (Å²) >= 11 is 0. The quantitative estimate of drug-likeness (QED) is 0.884. The zero-order chi connectivity index (χ0) is 14.0. The number of ether oxygens (including phenoxy) is 2. The van der Waals surface area contributed by atoms with E-state index >= 15 is 0 Å². The van der Waals surface area contributed by atoms with E-state index in [1.165, 1.54) is 6.07 Å². The number of benzene rings is 1. The molecule has 0 bridgehead atoms. The number of alkyl halides is 3. The van der Waals surface area contributed by atoms with Crippen LogP contribution in [0, 0.1) is 0 Å². The Labute approximate surface area is 107 Å². The molecule has 1 aromatic carbocycles. The minimum atomic E-state index is -4.79. The van der Waals surface area contributed by atoms with E-state index in [-0.39, 0.29) is 17.4 Å². The molecule has 2 rings (SSSR count). The highest BCUT2D eigenvalue weighted by Gasteiger charge is 2.32. The van der Waals surface area contributed by atoms with Gasteiger partial charge in [0.15, 0.2) is 0 Å². The second-order valence-electron chi connectivity index (χ2n) is 4.38. The molecule has 0 radical (unpaired) electrons. The molecule has 1 aromatic rings. The number of rotatable bonds is 4. The molecule has 0 spiro atoms. The molecule has 1 saturated carbocycles. The highest BCUT2D eigenvalue weighted by molar-refractivity contribution is 5.38. The molecule has 2 N–H and O–H groups in total. The van der Waals surface area contributed by atoms with Gasteiger partial charge in [-0.05, 0) is 17.7 Å². The number of aliphatic hydroxyl groups is 2. The van der Waals surface area contributed by atoms with Crippen LogP contribution in [0.25, 0.3) is 0 Å². The summed E-state index contributed by atoms with van der Waals surface area (Å²) in [5.74, 6) is -0.253. The maximum Gasteiger partial charge on any atom is 0.573 e. The summed E-state index contributed by atoms with van der Waals surface area (Å²) in [5, 5.41) is 18.1. The van der Waals surface area contributed by atoms with E-state index in [0.29, 0.717) is 12.8 Å². The van der Waals surface area contributed by atoms with Gasteiger partial charge in [0.05, 0.1) is 12.7 Å². The maximum absolute atomic E-state index is 12.1. The number of hydrogen-bond acceptors (Lipinski definition) is 4. The molecule has 0 atom stereocenters. The van der Waals surface area contributed by atoms with E-state index < -0.39 is 24.8 Å². The van der Waals surface area contributed by atoms with Gasteiger partial charge in [-0.25, -0.2) is 0 Å². The topological polar surface area (TPSA) is 58.9 Å². The van der Waals surface area contributed by atoms with Crippen LogP contribution in [-0.2, 0) is 6.61 Å². The Balaban J connectivity index is 2.11. The lowest BCUT2D eigenvalue weighted by Crippen LogP contribution is -2.37. The molecule has 0 saturated heterocycles. The minimum Gasteiger partial charge on any atom is -0.490 e. The third-order valence-corrected chi connectivity index (χ3v) is 2.73. The lowest BCUT2D eigenvalue weighted by atomic mass is 9.92. The van der Waals surface area contributed by atoms with Gasteiger partial charge < -0.3 is 19.7 Å². The Bertz CT molecular complexity index is 441. The summed E-state index contributed by atoms with van der Waals surface area (Å²) < 4.78 is 45.6. The van der Waals surface area contributed by atoms with Crippen LogP contribution in [-0.4, -0.2) is 28.8 Å². The first-order valence-corrected chi connectivity index (χ1v) is 5.71. The van der Waals surface area contributed by atoms with Gasteiger partial charge >= 0.3 is 6.36 Å². The van der Waals surface area contributed by atoms with Gasteiger partial charge in [0.25, 0.3) is 0 Å². The van der Waals surface area contributed by atoms with E-state index in [4.69, 9.17) is 14.9 Å². The summed E-state index contributed by atoms with van der Waals surface area (Å²) in [4.78, 5) is 0. The van der Waals surface area contributed by atoms with Crippen LogP contribution in [0.1, 0.15) is 18.4 Å². The minimum absolute atomic E-state index is 0.183. The molecule has 0 aromatic heterocycles. The van der Waals surface area contributed by atoms with Crippen molar-refractivity contribution < 1.29 is 32.9 Å². The van der Waals surface area contributed by atoms with Gasteiger partial charge in [0.1, 0.15) is 17.6 Å². The van der Waals surface area contributed by atoms with Crippen LogP contribution in [0.5, 0.6) is 11.5 Å². The highest BCUT2D eigenvalue weighted by atomic mass is 19.4. The van der Waals surface area contributed by atoms with E-state index in [9.17, 15) is 13.2 Å². The molecular formula is C12H13F3O4. The standard InChI is InChI=1S/C12H13F3O4/c13-12(14,15)19-11-2-7(6-16)1-9(5-11)18-10-3-8(17)4-10/h1-2,5,8,10,16-17H,3-4,6H2. The van der Waals surface area contributed by atoms with Crippen LogP contribution in [0.4, 0.5) is 13.2 Å². The molecule has 4 nitrogen and oxygen atoms in total. The molecular weight excluding hydrogens is 265 g/mol. The van der Waals surface area contributed by atoms with Crippen molar-refractivity contribution in [2.75, 3.05) is 0 Å². The molecule has 0 amide bonds. The summed E-state index contributed by atoms with van der Waals surface area (Å²) in [6.07, 6.45) is -4.55. The van der Waals surface area contributed by atoms with Gasteiger partial charge in [0, 0.05) is 18.9 Å². The van der Waals surface area contributed by atoms with Crippen molar-refractivity contribution in [1.82, 2.24) is 0 Å². The zero-order valence-corrected chi connectivity index (χ0v) is 9.85. The van der Waals surface area contributed by atoms with Crippen LogP contribution in [0.2, 0.25) is 0 Å². The van der Waals surface area contributed by atoms with Gasteiger partial charge in [0.2, 0.25) is 0 Å². The lowest BCUT2D eigenvalue weighted by Gasteiger charge is -2.31. The molecule has 7 heteroatoms. The average Bonchev–Trinajstić information content (AvgIpc) is 2.24. The smallest absolute Gasteiger partial charge is 0.490 e. The molecule has 106 valence electrons. The molecule has 0 aliphatic heterocycles. The molecule has 1 aliphatic rings. The van der Waals surface area contributed by atoms with Crippen LogP contribution in [0.3, 0.4) is 0 Å². The van der Waals surface area contributed by atoms with Crippen LogP contribution < -0.4 is 9.47 Å². The van der Waals surface area contributed by atoms with Crippen molar-refractivity contribution in [1.29, 1.82) is 0 Å². The van der Waals surface area contributed by atoms with E-state index in [1.54, 1.807) is 0 Å². The molecule has 1 aliphatic carbocycles. The largest absolute Gasteiger partial charge is 0.573 e. The van der Waals surface area contributed by atoms with Crippen molar-refractivity contribution in [3.63, 3.8) is 0 Å². The Morgan fingerprint density at radius 3 is 2.32 bits per heavy atom. The van der Waals surface area contributed by atoms with E-state index in [0.717, 1.165) is 12.1 Å². The molecule has 1 fully saturated rings. The summed E-state index contributed by atoms with van der Waals surface area (Å²) in [7, 11) is 0. The highest BCUT2D eigenvalue weighted by Crippen LogP contribution is 2.31. The molecule has 0 unspecified atom stereocenters. The Hall–Kier alpha value is -1.47. The average molecular weight is 278 g/mol. The molecule has 19 heavy (non-hydrogen) atoms. The number of aliphatic hydroxyl groups excluding tert-OH is 2. The van der Waals surface area contributed by atoms with E-state index in [1.807, 2.05) is 0 Å². The maximum atomic E-state index is 12.1. The normalized spacial score (nSPS) is 22.8. The fraction of sp³-hybridized carbons (Fsp3) is 0.500. The second kappa shape index (κ2) is 5.26. The van der Waals surface area contributed by atoms with Crippen molar-refractivity contribution in [3.8, 4) is 11.5 Å². The fourth-order valence-corrected chi connectivity index (χ4v) is 1.81. The first kappa shape index (κ1) is 14.0. The Morgan fingerprint density at radius 1 is 1.16 bits per heavy atom. The molecule has 0 heterocycles. The van der Waals surface area contributed by atoms with Gasteiger partial charge in [-0.15, -0.1) is 13.2 Å². The predicted molar refractivity (Wildman–Crippen MR) is 58.7 cm³/mol. The van der Waals surface area contributed by atoms with Crippen LogP contribution >= 0.6 is 0 Å². The van der Waals surface area contributed by atoms with Crippen molar-refractivity contribution in [2.45, 2.75) is 38.0 Å². The van der Waals surface area contributed by atoms with Crippen LogP contribution in [0.15, 0.2) is 18.2 Å². The van der Waals surface area contributed by atoms with Crippen molar-refractivity contribution in [3.05, 3.63) is 23.8 Å². The summed E-state index contributed by atoms with van der Waals surface area (Å²) in [6, 6.07) is 3.64. The monoisotopic (exact) mass is 278 g/mol. The first-order chi connectivity index (χ1) is 8.85. The summed E-state index contributed by atoms with van der Waals surface area (Å²) in [6.45, 7) is -0.418. The SMILES string of the molecule is OCc1cc(OC2CC(O)C2)cc(OC(F)(F)F)c1. The van der Waals surface area contributed by atoms with Crippen molar-refractivity contribution >= 4 is 0 Å². The van der Waals surface area contributed by atoms with Gasteiger partial charge in [-0.1, -0.05) is 0 Å². The third-order valence-electron chi connectivity index (χ3n) is 2.73. The van der Waals surface area contributed by atoms with Gasteiger partial charge in [-0.3, -0.25) is 0 Å². The van der Waals surface area contributed by atoms with Crippen molar-refractivity contribution in [2.24, 2.45) is 0 Å². The Kier molecular flexibility index (Phi) is 3.86. The number of hydrogen-bond donors (Lipinski definition) is 2. The Morgan fingerprint density at radius 2 is 1.79 bits per heavy atom. The lowest BCUT2D eigenvalue weighted by molar-refractivity contribution is -0.274. The first-order valence-electron chi connectivity index (χ1n) is 5.71.